The zero-order valence-electron chi connectivity index (χ0n) is 13.3. The Morgan fingerprint density at radius 3 is 2.35 bits per heavy atom. The molecule has 23 heavy (non-hydrogen) atoms. The van der Waals surface area contributed by atoms with Crippen LogP contribution < -0.4 is 0 Å². The zero-order valence-corrected chi connectivity index (χ0v) is 14.2. The molecule has 1 saturated heterocycles. The number of likely N-dealkylation sites (tertiary alicyclic amines) is 1. The van der Waals surface area contributed by atoms with Gasteiger partial charge >= 0.3 is 12.1 Å². The fourth-order valence-electron chi connectivity index (χ4n) is 2.35. The number of thioether (sulfide) groups is 1. The molecule has 126 valence electrons. The van der Waals surface area contributed by atoms with E-state index >= 15 is 0 Å². The molecule has 1 aromatic carbocycles. The molecule has 1 aliphatic rings. The van der Waals surface area contributed by atoms with Gasteiger partial charge in [0.15, 0.2) is 0 Å². The van der Waals surface area contributed by atoms with Crippen LogP contribution in [0.3, 0.4) is 0 Å². The van der Waals surface area contributed by atoms with Crippen molar-refractivity contribution < 1.29 is 23.8 Å². The molecule has 0 radical (unpaired) electrons. The number of rotatable bonds is 4. The van der Waals surface area contributed by atoms with Gasteiger partial charge in [0.2, 0.25) is 0 Å². The Labute approximate surface area is 138 Å². The number of aliphatic carboxylic acids is 1. The zero-order chi connectivity index (χ0) is 17.3. The molecule has 0 aliphatic carbocycles. The predicted octanol–water partition coefficient (Wildman–Crippen LogP) is 3.38. The third-order valence-electron chi connectivity index (χ3n) is 3.23. The Kier molecular flexibility index (Phi) is 4.89. The van der Waals surface area contributed by atoms with Gasteiger partial charge in [-0.15, -0.1) is 11.8 Å². The van der Waals surface area contributed by atoms with Crippen molar-refractivity contribution in [1.82, 2.24) is 4.90 Å². The molecule has 7 heteroatoms. The van der Waals surface area contributed by atoms with Crippen molar-refractivity contribution in [1.29, 1.82) is 0 Å². The van der Waals surface area contributed by atoms with Crippen LogP contribution in [0.25, 0.3) is 0 Å². The van der Waals surface area contributed by atoms with E-state index in [1.165, 1.54) is 28.8 Å². The predicted molar refractivity (Wildman–Crippen MR) is 85.0 cm³/mol. The molecule has 0 aromatic heterocycles. The van der Waals surface area contributed by atoms with Crippen molar-refractivity contribution in [2.24, 2.45) is 0 Å². The third-order valence-corrected chi connectivity index (χ3v) is 4.57. The van der Waals surface area contributed by atoms with Crippen molar-refractivity contribution in [3.8, 4) is 0 Å². The highest BCUT2D eigenvalue weighted by Gasteiger charge is 2.48. The van der Waals surface area contributed by atoms with E-state index in [4.69, 9.17) is 9.84 Å². The largest absolute Gasteiger partial charge is 0.481 e. The number of carbonyl (C=O) groups is 2. The first-order valence-corrected chi connectivity index (χ1v) is 8.05. The lowest BCUT2D eigenvalue weighted by Gasteiger charge is -2.48. The highest BCUT2D eigenvalue weighted by atomic mass is 32.2. The number of amides is 1. The SMILES string of the molecule is CC(C)(C)OC(=O)N1CC(CC(=O)O)(Sc2ccc(F)cc2)C1. The molecule has 2 rings (SSSR count). The Hall–Kier alpha value is -1.76. The van der Waals surface area contributed by atoms with Gasteiger partial charge in [-0.3, -0.25) is 4.79 Å². The maximum atomic E-state index is 13.0. The molecule has 1 aromatic rings. The standard InChI is InChI=1S/C16H20FNO4S/c1-15(2,3)22-14(21)18-9-16(10-18,8-13(19)20)23-12-6-4-11(17)5-7-12/h4-7H,8-10H2,1-3H3,(H,19,20). The highest BCUT2D eigenvalue weighted by molar-refractivity contribution is 8.00. The van der Waals surface area contributed by atoms with Gasteiger partial charge in [-0.2, -0.15) is 0 Å². The minimum atomic E-state index is -0.927. The first-order valence-electron chi connectivity index (χ1n) is 7.23. The average Bonchev–Trinajstić information content (AvgIpc) is 2.35. The van der Waals surface area contributed by atoms with E-state index in [1.807, 2.05) is 0 Å². The van der Waals surface area contributed by atoms with E-state index in [9.17, 15) is 14.0 Å². The van der Waals surface area contributed by atoms with Crippen LogP contribution in [0, 0.1) is 5.82 Å². The van der Waals surface area contributed by atoms with Gasteiger partial charge in [0.25, 0.3) is 0 Å². The molecule has 0 bridgehead atoms. The second-order valence-electron chi connectivity index (χ2n) is 6.65. The van der Waals surface area contributed by atoms with Gasteiger partial charge in [0, 0.05) is 18.0 Å². The van der Waals surface area contributed by atoms with E-state index in [0.717, 1.165) is 4.90 Å². The molecule has 0 spiro atoms. The topological polar surface area (TPSA) is 66.8 Å². The van der Waals surface area contributed by atoms with Gasteiger partial charge < -0.3 is 14.7 Å². The maximum Gasteiger partial charge on any atom is 0.410 e. The number of carbonyl (C=O) groups excluding carboxylic acids is 1. The van der Waals surface area contributed by atoms with E-state index < -0.39 is 22.4 Å². The summed E-state index contributed by atoms with van der Waals surface area (Å²) in [5.74, 6) is -1.27. The van der Waals surface area contributed by atoms with Crippen LogP contribution in [0.2, 0.25) is 0 Å². The highest BCUT2D eigenvalue weighted by Crippen LogP contribution is 2.43. The lowest BCUT2D eigenvalue weighted by molar-refractivity contribution is -0.138. The molecule has 0 atom stereocenters. The fraction of sp³-hybridized carbons (Fsp3) is 0.500. The number of benzene rings is 1. The minimum absolute atomic E-state index is 0.0751. The van der Waals surface area contributed by atoms with Crippen LogP contribution >= 0.6 is 11.8 Å². The Balaban J connectivity index is 2.04. The molecule has 0 saturated carbocycles. The van der Waals surface area contributed by atoms with E-state index in [2.05, 4.69) is 0 Å². The van der Waals surface area contributed by atoms with Crippen LogP contribution in [0.5, 0.6) is 0 Å². The Morgan fingerprint density at radius 2 is 1.87 bits per heavy atom. The monoisotopic (exact) mass is 341 g/mol. The summed E-state index contributed by atoms with van der Waals surface area (Å²) < 4.78 is 17.7. The van der Waals surface area contributed by atoms with Gasteiger partial charge in [-0.05, 0) is 45.0 Å². The van der Waals surface area contributed by atoms with E-state index in [-0.39, 0.29) is 25.3 Å². The van der Waals surface area contributed by atoms with Crippen LogP contribution in [0.1, 0.15) is 27.2 Å². The molecular weight excluding hydrogens is 321 g/mol. The third kappa shape index (κ3) is 4.86. The van der Waals surface area contributed by atoms with Gasteiger partial charge in [-0.1, -0.05) is 0 Å². The summed E-state index contributed by atoms with van der Waals surface area (Å²) in [6.07, 6.45) is -0.521. The number of halogens is 1. The summed E-state index contributed by atoms with van der Waals surface area (Å²) in [7, 11) is 0. The number of hydrogen-bond acceptors (Lipinski definition) is 4. The van der Waals surface area contributed by atoms with Gasteiger partial charge in [0.05, 0.1) is 11.2 Å². The molecular formula is C16H20FNO4S. The molecule has 1 aliphatic heterocycles. The van der Waals surface area contributed by atoms with Crippen molar-refractivity contribution in [2.45, 2.75) is 42.4 Å². The summed E-state index contributed by atoms with van der Waals surface area (Å²) in [5, 5.41) is 9.14. The van der Waals surface area contributed by atoms with E-state index in [1.54, 1.807) is 32.9 Å². The molecule has 1 N–H and O–H groups in total. The smallest absolute Gasteiger partial charge is 0.410 e. The maximum absolute atomic E-state index is 13.0. The lowest BCUT2D eigenvalue weighted by Crippen LogP contribution is -2.62. The molecule has 1 amide bonds. The summed E-state index contributed by atoms with van der Waals surface area (Å²) in [6.45, 7) is 5.92. The Morgan fingerprint density at radius 1 is 1.30 bits per heavy atom. The van der Waals surface area contributed by atoms with Crippen molar-refractivity contribution in [3.05, 3.63) is 30.1 Å². The normalized spacial score (nSPS) is 16.6. The summed E-state index contributed by atoms with van der Waals surface area (Å²) >= 11 is 1.36. The first kappa shape index (κ1) is 17.6. The molecule has 5 nitrogen and oxygen atoms in total. The van der Waals surface area contributed by atoms with Crippen molar-refractivity contribution in [3.63, 3.8) is 0 Å². The number of nitrogens with zero attached hydrogens (tertiary/aromatic N) is 1. The fourth-order valence-corrected chi connectivity index (χ4v) is 3.75. The quantitative estimate of drug-likeness (QED) is 0.909. The van der Waals surface area contributed by atoms with Crippen molar-refractivity contribution >= 4 is 23.8 Å². The lowest BCUT2D eigenvalue weighted by atomic mass is 9.95. The number of carboxylic acids is 1. The second kappa shape index (κ2) is 6.39. The van der Waals surface area contributed by atoms with Crippen LogP contribution in [0.15, 0.2) is 29.2 Å². The molecule has 1 fully saturated rings. The van der Waals surface area contributed by atoms with Crippen LogP contribution in [0.4, 0.5) is 9.18 Å². The number of carboxylic acid groups (broad SMARTS) is 1. The van der Waals surface area contributed by atoms with Gasteiger partial charge in [-0.25, -0.2) is 9.18 Å². The Bertz CT molecular complexity index is 591. The van der Waals surface area contributed by atoms with Crippen LogP contribution in [-0.4, -0.2) is 45.5 Å². The van der Waals surface area contributed by atoms with Gasteiger partial charge in [0.1, 0.15) is 11.4 Å². The molecule has 0 unspecified atom stereocenters. The number of hydrogen-bond donors (Lipinski definition) is 1. The number of ether oxygens (including phenoxy) is 1. The summed E-state index contributed by atoms with van der Waals surface area (Å²) in [5.41, 5.74) is -0.591. The minimum Gasteiger partial charge on any atom is -0.481 e. The average molecular weight is 341 g/mol. The first-order chi connectivity index (χ1) is 10.6. The summed E-state index contributed by atoms with van der Waals surface area (Å²) in [4.78, 5) is 25.4. The second-order valence-corrected chi connectivity index (χ2v) is 8.19. The summed E-state index contributed by atoms with van der Waals surface area (Å²) in [6, 6.07) is 5.89. The van der Waals surface area contributed by atoms with Crippen molar-refractivity contribution in [2.75, 3.05) is 13.1 Å². The van der Waals surface area contributed by atoms with E-state index in [0.29, 0.717) is 0 Å². The van der Waals surface area contributed by atoms with Crippen LogP contribution in [-0.2, 0) is 9.53 Å². The molecule has 1 heterocycles.